The van der Waals surface area contributed by atoms with E-state index in [4.69, 9.17) is 4.98 Å². The average Bonchev–Trinajstić information content (AvgIpc) is 3.00. The van der Waals surface area contributed by atoms with Crippen LogP contribution in [0.3, 0.4) is 0 Å². The van der Waals surface area contributed by atoms with Gasteiger partial charge in [-0.2, -0.15) is 4.98 Å². The smallest absolute Gasteiger partial charge is 0.350 e. The van der Waals surface area contributed by atoms with Gasteiger partial charge < -0.3 is 14.7 Å². The van der Waals surface area contributed by atoms with Gasteiger partial charge in [-0.3, -0.25) is 14.3 Å². The zero-order valence-electron chi connectivity index (χ0n) is 23.8. The lowest BCUT2D eigenvalue weighted by Crippen LogP contribution is -2.50. The molecule has 0 aliphatic carbocycles. The maximum atomic E-state index is 13.9. The molecule has 1 aromatic heterocycles. The van der Waals surface area contributed by atoms with Crippen LogP contribution in [0.5, 0.6) is 0 Å². The number of thioether (sulfide) groups is 1. The number of hydrogen-bond acceptors (Lipinski definition) is 7. The lowest BCUT2D eigenvalue weighted by Gasteiger charge is -2.39. The van der Waals surface area contributed by atoms with Crippen LogP contribution in [0.15, 0.2) is 52.7 Å². The summed E-state index contributed by atoms with van der Waals surface area (Å²) in [5.41, 5.74) is 3.74. The van der Waals surface area contributed by atoms with Gasteiger partial charge in [-0.25, -0.2) is 9.18 Å². The Balaban J connectivity index is 1.45. The van der Waals surface area contributed by atoms with Gasteiger partial charge in [0.15, 0.2) is 0 Å². The van der Waals surface area contributed by atoms with E-state index in [2.05, 4.69) is 41.2 Å². The van der Waals surface area contributed by atoms with E-state index >= 15 is 0 Å². The maximum Gasteiger partial charge on any atom is 0.350 e. The van der Waals surface area contributed by atoms with E-state index < -0.39 is 0 Å². The highest BCUT2D eigenvalue weighted by Crippen LogP contribution is 2.46. The van der Waals surface area contributed by atoms with E-state index in [1.54, 1.807) is 16.7 Å². The van der Waals surface area contributed by atoms with Crippen molar-refractivity contribution < 1.29 is 9.18 Å². The zero-order chi connectivity index (χ0) is 28.7. The molecule has 0 N–H and O–H groups in total. The molecule has 2 aromatic carbocycles. The van der Waals surface area contributed by atoms with Crippen molar-refractivity contribution in [3.8, 4) is 11.1 Å². The van der Waals surface area contributed by atoms with Gasteiger partial charge >= 0.3 is 5.69 Å². The predicted octanol–water partition coefficient (Wildman–Crippen LogP) is 3.63. The fourth-order valence-corrected chi connectivity index (χ4v) is 7.81. The Bertz CT molecular complexity index is 1520. The number of halogens is 1. The molecule has 0 bridgehead atoms. The van der Waals surface area contributed by atoms with Gasteiger partial charge in [-0.05, 0) is 48.9 Å². The van der Waals surface area contributed by atoms with Gasteiger partial charge in [0.2, 0.25) is 5.91 Å². The fourth-order valence-electron chi connectivity index (χ4n) is 6.42. The van der Waals surface area contributed by atoms with Crippen LogP contribution in [0, 0.1) is 12.7 Å². The number of likely N-dealkylation sites (N-methyl/N-ethyl adjacent to an activating group) is 1. The standard InChI is InChI=1S/C31H37FN6O2S/c1-4-26(39)36-14-16-37(17-15-36)30-25-18-21(3)27(22-6-8-23(32)9-7-22)29-28(25)38(31(40)33-30)24(20-41-29)19-35-12-10-34(5-2)11-13-35/h4,6-9,18,24H,1,5,10-17,19-20H2,2-3H3/t24-/m0/s1. The molecule has 8 nitrogen and oxygen atoms in total. The minimum atomic E-state index is -0.269. The van der Waals surface area contributed by atoms with E-state index in [0.29, 0.717) is 32.0 Å². The SMILES string of the molecule is C=CC(=O)N1CCN(c2nc(=O)n3c4c(c(-c5ccc(F)cc5)c(C)cc24)SC[C@@H]3CN2CCN(CC)CC2)CC1. The van der Waals surface area contributed by atoms with Crippen LogP contribution in [0.2, 0.25) is 0 Å². The van der Waals surface area contributed by atoms with E-state index in [-0.39, 0.29) is 23.5 Å². The molecule has 3 aliphatic heterocycles. The second-order valence-corrected chi connectivity index (χ2v) is 12.1. The third kappa shape index (κ3) is 5.29. The monoisotopic (exact) mass is 576 g/mol. The molecule has 2 saturated heterocycles. The molecule has 4 heterocycles. The van der Waals surface area contributed by atoms with Crippen molar-refractivity contribution in [2.45, 2.75) is 24.8 Å². The van der Waals surface area contributed by atoms with Crippen LogP contribution in [-0.4, -0.2) is 101 Å². The molecule has 1 amide bonds. The highest BCUT2D eigenvalue weighted by molar-refractivity contribution is 7.99. The average molecular weight is 577 g/mol. The molecule has 0 spiro atoms. The van der Waals surface area contributed by atoms with E-state index in [9.17, 15) is 14.0 Å². The first-order valence-electron chi connectivity index (χ1n) is 14.5. The number of amides is 1. The molecule has 3 aliphatic rings. The molecular formula is C31H37FN6O2S. The van der Waals surface area contributed by atoms with Crippen LogP contribution in [0.1, 0.15) is 18.5 Å². The highest BCUT2D eigenvalue weighted by Gasteiger charge is 2.32. The molecule has 0 unspecified atom stereocenters. The molecule has 6 rings (SSSR count). The van der Waals surface area contributed by atoms with Crippen LogP contribution >= 0.6 is 11.8 Å². The Labute approximate surface area is 244 Å². The van der Waals surface area contributed by atoms with Crippen LogP contribution in [0.25, 0.3) is 22.0 Å². The Morgan fingerprint density at radius 1 is 1.07 bits per heavy atom. The van der Waals surface area contributed by atoms with Gasteiger partial charge in [0.05, 0.1) is 11.6 Å². The second kappa shape index (κ2) is 11.6. The molecule has 41 heavy (non-hydrogen) atoms. The van der Waals surface area contributed by atoms with Crippen LogP contribution in [-0.2, 0) is 4.79 Å². The van der Waals surface area contributed by atoms with E-state index in [0.717, 1.165) is 77.5 Å². The number of carbonyl (C=O) groups is 1. The summed E-state index contributed by atoms with van der Waals surface area (Å²) in [6, 6.07) is 8.77. The van der Waals surface area contributed by atoms with Gasteiger partial charge in [0, 0.05) is 80.5 Å². The molecule has 0 saturated carbocycles. The molecule has 216 valence electrons. The van der Waals surface area contributed by atoms with E-state index in [1.165, 1.54) is 18.2 Å². The first kappa shape index (κ1) is 27.9. The zero-order valence-corrected chi connectivity index (χ0v) is 24.6. The number of anilines is 1. The van der Waals surface area contributed by atoms with Crippen molar-refractivity contribution in [3.05, 3.63) is 64.9 Å². The number of hydrogen-bond donors (Lipinski definition) is 0. The lowest BCUT2D eigenvalue weighted by molar-refractivity contribution is -0.126. The summed E-state index contributed by atoms with van der Waals surface area (Å²) in [7, 11) is 0. The summed E-state index contributed by atoms with van der Waals surface area (Å²) in [5.74, 6) is 1.11. The quantitative estimate of drug-likeness (QED) is 0.416. The second-order valence-electron chi connectivity index (χ2n) is 11.1. The van der Waals surface area contributed by atoms with Crippen molar-refractivity contribution in [2.24, 2.45) is 0 Å². The first-order valence-corrected chi connectivity index (χ1v) is 15.5. The van der Waals surface area contributed by atoms with Crippen molar-refractivity contribution >= 4 is 34.4 Å². The number of benzene rings is 2. The minimum Gasteiger partial charge on any atom is -0.352 e. The maximum absolute atomic E-state index is 13.9. The highest BCUT2D eigenvalue weighted by atomic mass is 32.2. The molecule has 10 heteroatoms. The number of aryl methyl sites for hydroxylation is 1. The van der Waals surface area contributed by atoms with E-state index in [1.807, 2.05) is 16.7 Å². The largest absolute Gasteiger partial charge is 0.352 e. The molecular weight excluding hydrogens is 539 g/mol. The topological polar surface area (TPSA) is 64.9 Å². The number of piperazine rings is 2. The van der Waals surface area contributed by atoms with Gasteiger partial charge in [-0.1, -0.05) is 25.6 Å². The molecule has 3 aromatic rings. The molecule has 0 radical (unpaired) electrons. The van der Waals surface area contributed by atoms with Crippen molar-refractivity contribution in [1.29, 1.82) is 0 Å². The number of carbonyl (C=O) groups excluding carboxylic acids is 1. The number of rotatable bonds is 6. The minimum absolute atomic E-state index is 0.00283. The van der Waals surface area contributed by atoms with Crippen LogP contribution < -0.4 is 10.6 Å². The summed E-state index contributed by atoms with van der Waals surface area (Å²) >= 11 is 1.79. The van der Waals surface area contributed by atoms with Gasteiger partial charge in [0.1, 0.15) is 11.6 Å². The predicted molar refractivity (Wildman–Crippen MR) is 163 cm³/mol. The number of nitrogens with zero attached hydrogens (tertiary/aromatic N) is 6. The Kier molecular flexibility index (Phi) is 7.89. The third-order valence-electron chi connectivity index (χ3n) is 8.71. The van der Waals surface area contributed by atoms with Crippen LogP contribution in [0.4, 0.5) is 10.2 Å². The summed E-state index contributed by atoms with van der Waals surface area (Å²) < 4.78 is 15.8. The summed E-state index contributed by atoms with van der Waals surface area (Å²) in [5, 5.41) is 0.958. The van der Waals surface area contributed by atoms with Gasteiger partial charge in [-0.15, -0.1) is 11.8 Å². The van der Waals surface area contributed by atoms with Crippen molar-refractivity contribution in [2.75, 3.05) is 76.1 Å². The summed E-state index contributed by atoms with van der Waals surface area (Å²) in [6.07, 6.45) is 1.35. The Morgan fingerprint density at radius 2 is 1.76 bits per heavy atom. The fraction of sp³-hybridized carbons (Fsp3) is 0.452. The first-order chi connectivity index (χ1) is 19.9. The Hall–Kier alpha value is -3.21. The molecule has 1 atom stereocenters. The third-order valence-corrected chi connectivity index (χ3v) is 9.94. The lowest BCUT2D eigenvalue weighted by atomic mass is 9.97. The van der Waals surface area contributed by atoms with Crippen molar-refractivity contribution in [1.82, 2.24) is 24.3 Å². The van der Waals surface area contributed by atoms with Gasteiger partial charge in [0.25, 0.3) is 0 Å². The summed E-state index contributed by atoms with van der Waals surface area (Å²) in [6.45, 7) is 16.1. The van der Waals surface area contributed by atoms with Crippen molar-refractivity contribution in [3.63, 3.8) is 0 Å². The summed E-state index contributed by atoms with van der Waals surface area (Å²) in [4.78, 5) is 40.7. The number of aromatic nitrogens is 2. The Morgan fingerprint density at radius 3 is 2.41 bits per heavy atom. The normalized spacial score (nSPS) is 20.0. The molecule has 2 fully saturated rings.